The molecule has 35 heavy (non-hydrogen) atoms. The fraction of sp³-hybridized carbons (Fsp3) is 0.241. The van der Waals surface area contributed by atoms with Gasteiger partial charge in [0.2, 0.25) is 5.89 Å². The molecule has 0 aliphatic carbocycles. The van der Waals surface area contributed by atoms with Crippen molar-refractivity contribution in [3.8, 4) is 5.75 Å². The Balaban J connectivity index is 1.51. The zero-order valence-corrected chi connectivity index (χ0v) is 20.4. The summed E-state index contributed by atoms with van der Waals surface area (Å²) < 4.78 is 11.2. The minimum absolute atomic E-state index is 0.106. The Morgan fingerprint density at radius 1 is 0.914 bits per heavy atom. The zero-order chi connectivity index (χ0) is 24.6. The van der Waals surface area contributed by atoms with Gasteiger partial charge in [0.25, 0.3) is 5.91 Å². The van der Waals surface area contributed by atoms with Crippen LogP contribution >= 0.6 is 0 Å². The van der Waals surface area contributed by atoms with Crippen LogP contribution in [0.25, 0.3) is 0 Å². The van der Waals surface area contributed by atoms with Crippen molar-refractivity contribution < 1.29 is 13.9 Å². The Morgan fingerprint density at radius 2 is 1.60 bits per heavy atom. The SMILES string of the molecule is COc1cccc(CN(Cc2nc(C(=O)N(C)Cc3ccccc3)co2)[C@@H](C)c2ccccc2)c1. The molecule has 0 bridgehead atoms. The van der Waals surface area contributed by atoms with Gasteiger partial charge in [-0.15, -0.1) is 0 Å². The Morgan fingerprint density at radius 3 is 2.31 bits per heavy atom. The van der Waals surface area contributed by atoms with Crippen LogP contribution < -0.4 is 4.74 Å². The van der Waals surface area contributed by atoms with Crippen molar-refractivity contribution >= 4 is 5.91 Å². The van der Waals surface area contributed by atoms with E-state index in [9.17, 15) is 4.79 Å². The van der Waals surface area contributed by atoms with Crippen molar-refractivity contribution in [1.29, 1.82) is 0 Å². The van der Waals surface area contributed by atoms with Gasteiger partial charge in [-0.25, -0.2) is 4.98 Å². The maximum absolute atomic E-state index is 12.9. The number of benzene rings is 3. The molecule has 0 spiro atoms. The molecule has 1 amide bonds. The molecule has 0 saturated heterocycles. The van der Waals surface area contributed by atoms with E-state index in [-0.39, 0.29) is 11.9 Å². The predicted octanol–water partition coefficient (Wildman–Crippen LogP) is 5.72. The Bertz CT molecular complexity index is 1220. The first-order valence-electron chi connectivity index (χ1n) is 11.7. The predicted molar refractivity (Wildman–Crippen MR) is 136 cm³/mol. The Labute approximate surface area is 206 Å². The molecule has 4 rings (SSSR count). The molecule has 180 valence electrons. The lowest BCUT2D eigenvalue weighted by Gasteiger charge is -2.28. The highest BCUT2D eigenvalue weighted by Gasteiger charge is 2.22. The van der Waals surface area contributed by atoms with Gasteiger partial charge in [-0.3, -0.25) is 9.69 Å². The van der Waals surface area contributed by atoms with Crippen molar-refractivity contribution in [3.63, 3.8) is 0 Å². The number of carbonyl (C=O) groups is 1. The summed E-state index contributed by atoms with van der Waals surface area (Å²) in [6.45, 7) is 3.81. The molecule has 0 saturated carbocycles. The number of hydrogen-bond donors (Lipinski definition) is 0. The van der Waals surface area contributed by atoms with Gasteiger partial charge >= 0.3 is 0 Å². The minimum Gasteiger partial charge on any atom is -0.497 e. The molecule has 0 N–H and O–H groups in total. The van der Waals surface area contributed by atoms with Crippen molar-refractivity contribution in [2.45, 2.75) is 32.6 Å². The van der Waals surface area contributed by atoms with E-state index >= 15 is 0 Å². The molecule has 0 aliphatic heterocycles. The third-order valence-corrected chi connectivity index (χ3v) is 6.07. The number of aromatic nitrogens is 1. The second kappa shape index (κ2) is 11.5. The average molecular weight is 470 g/mol. The van der Waals surface area contributed by atoms with Crippen LogP contribution in [0.2, 0.25) is 0 Å². The first kappa shape index (κ1) is 24.2. The van der Waals surface area contributed by atoms with Gasteiger partial charge in [0.15, 0.2) is 5.69 Å². The lowest BCUT2D eigenvalue weighted by molar-refractivity contribution is 0.0779. The topological polar surface area (TPSA) is 58.8 Å². The number of hydrogen-bond acceptors (Lipinski definition) is 5. The summed E-state index contributed by atoms with van der Waals surface area (Å²) in [7, 11) is 3.44. The molecule has 0 unspecified atom stereocenters. The quantitative estimate of drug-likeness (QED) is 0.297. The highest BCUT2D eigenvalue weighted by Crippen LogP contribution is 2.26. The van der Waals surface area contributed by atoms with E-state index < -0.39 is 0 Å². The summed E-state index contributed by atoms with van der Waals surface area (Å²) in [5.41, 5.74) is 3.69. The number of ether oxygens (including phenoxy) is 1. The van der Waals surface area contributed by atoms with E-state index in [1.807, 2.05) is 66.7 Å². The molecule has 1 heterocycles. The lowest BCUT2D eigenvalue weighted by atomic mass is 10.1. The summed E-state index contributed by atoms with van der Waals surface area (Å²) in [5, 5.41) is 0. The van der Waals surface area contributed by atoms with E-state index in [2.05, 4.69) is 35.0 Å². The van der Waals surface area contributed by atoms with Crippen LogP contribution in [0.3, 0.4) is 0 Å². The average Bonchev–Trinajstić information content (AvgIpc) is 3.37. The molecule has 0 radical (unpaired) electrons. The Hall–Kier alpha value is -3.90. The molecule has 1 aromatic heterocycles. The summed E-state index contributed by atoms with van der Waals surface area (Å²) in [6, 6.07) is 28.4. The molecular weight excluding hydrogens is 438 g/mol. The first-order chi connectivity index (χ1) is 17.0. The number of oxazole rings is 1. The number of rotatable bonds is 10. The van der Waals surface area contributed by atoms with E-state index in [1.165, 1.54) is 11.8 Å². The highest BCUT2D eigenvalue weighted by molar-refractivity contribution is 5.91. The first-order valence-corrected chi connectivity index (χ1v) is 11.7. The fourth-order valence-corrected chi connectivity index (χ4v) is 4.06. The normalized spacial score (nSPS) is 11.9. The molecular formula is C29H31N3O3. The van der Waals surface area contributed by atoms with Crippen LogP contribution in [-0.2, 0) is 19.6 Å². The maximum Gasteiger partial charge on any atom is 0.275 e. The van der Waals surface area contributed by atoms with Crippen LogP contribution in [-0.4, -0.2) is 34.8 Å². The second-order valence-corrected chi connectivity index (χ2v) is 8.62. The fourth-order valence-electron chi connectivity index (χ4n) is 4.06. The van der Waals surface area contributed by atoms with E-state index in [0.717, 1.165) is 16.9 Å². The molecule has 4 aromatic rings. The minimum atomic E-state index is -0.167. The van der Waals surface area contributed by atoms with E-state index in [4.69, 9.17) is 9.15 Å². The van der Waals surface area contributed by atoms with Gasteiger partial charge in [-0.2, -0.15) is 0 Å². The summed E-state index contributed by atoms with van der Waals surface area (Å²) in [5.74, 6) is 1.16. The molecule has 0 fully saturated rings. The third-order valence-electron chi connectivity index (χ3n) is 6.07. The van der Waals surface area contributed by atoms with Crippen LogP contribution in [0, 0.1) is 0 Å². The highest BCUT2D eigenvalue weighted by atomic mass is 16.5. The Kier molecular flexibility index (Phi) is 7.95. The standard InChI is InChI=1S/C29H31N3O3/c1-22(25-14-8-5-9-15-25)32(19-24-13-10-16-26(17-24)34-3)20-28-30-27(21-35-28)29(33)31(2)18-23-11-6-4-7-12-23/h4-17,21-22H,18-20H2,1-3H3/t22-/m0/s1. The van der Waals surface area contributed by atoms with Crippen molar-refractivity contribution in [2.75, 3.05) is 14.2 Å². The summed E-state index contributed by atoms with van der Waals surface area (Å²) >= 11 is 0. The van der Waals surface area contributed by atoms with Gasteiger partial charge in [-0.05, 0) is 35.7 Å². The van der Waals surface area contributed by atoms with Crippen LogP contribution in [0.4, 0.5) is 0 Å². The number of methoxy groups -OCH3 is 1. The van der Waals surface area contributed by atoms with Crippen molar-refractivity contribution in [1.82, 2.24) is 14.8 Å². The largest absolute Gasteiger partial charge is 0.497 e. The van der Waals surface area contributed by atoms with Crippen LogP contribution in [0.5, 0.6) is 5.75 Å². The van der Waals surface area contributed by atoms with Gasteiger partial charge in [0.1, 0.15) is 12.0 Å². The molecule has 6 heteroatoms. The van der Waals surface area contributed by atoms with Gasteiger partial charge in [0.05, 0.1) is 13.7 Å². The van der Waals surface area contributed by atoms with Gasteiger partial charge in [-0.1, -0.05) is 72.8 Å². The molecule has 0 aliphatic rings. The number of amides is 1. The number of carbonyl (C=O) groups excluding carboxylic acids is 1. The van der Waals surface area contributed by atoms with E-state index in [0.29, 0.717) is 31.2 Å². The summed E-state index contributed by atoms with van der Waals surface area (Å²) in [4.78, 5) is 21.4. The molecule has 3 aromatic carbocycles. The van der Waals surface area contributed by atoms with Crippen LogP contribution in [0.1, 0.15) is 46.0 Å². The van der Waals surface area contributed by atoms with Crippen molar-refractivity contribution in [2.24, 2.45) is 0 Å². The maximum atomic E-state index is 12.9. The van der Waals surface area contributed by atoms with E-state index in [1.54, 1.807) is 19.1 Å². The lowest BCUT2D eigenvalue weighted by Crippen LogP contribution is -2.27. The summed E-state index contributed by atoms with van der Waals surface area (Å²) in [6.07, 6.45) is 1.45. The molecule has 6 nitrogen and oxygen atoms in total. The molecule has 1 atom stereocenters. The zero-order valence-electron chi connectivity index (χ0n) is 20.4. The smallest absolute Gasteiger partial charge is 0.275 e. The second-order valence-electron chi connectivity index (χ2n) is 8.62. The van der Waals surface area contributed by atoms with Crippen LogP contribution in [0.15, 0.2) is 95.6 Å². The number of nitrogens with zero attached hydrogens (tertiary/aromatic N) is 3. The van der Waals surface area contributed by atoms with Gasteiger partial charge in [0, 0.05) is 26.2 Å². The third kappa shape index (κ3) is 6.37. The van der Waals surface area contributed by atoms with Crippen molar-refractivity contribution in [3.05, 3.63) is 119 Å². The monoisotopic (exact) mass is 469 g/mol. The van der Waals surface area contributed by atoms with Gasteiger partial charge < -0.3 is 14.1 Å².